The molecule has 2 atom stereocenters. The molecule has 3 N–H and O–H groups in total. The fraction of sp³-hybridized carbons (Fsp3) is 0.351. The van der Waals surface area contributed by atoms with Gasteiger partial charge in [0.2, 0.25) is 0 Å². The van der Waals surface area contributed by atoms with Gasteiger partial charge in [0.15, 0.2) is 0 Å². The topological polar surface area (TPSA) is 101 Å². The van der Waals surface area contributed by atoms with Crippen LogP contribution in [0.5, 0.6) is 0 Å². The van der Waals surface area contributed by atoms with Crippen molar-refractivity contribution in [3.8, 4) is 22.4 Å². The molecule has 0 saturated carbocycles. The normalized spacial score (nSPS) is 13.0. The lowest BCUT2D eigenvalue weighted by molar-refractivity contribution is -0.157. The third kappa shape index (κ3) is 8.90. The summed E-state index contributed by atoms with van der Waals surface area (Å²) in [6.07, 6.45) is -2.02. The zero-order valence-electron chi connectivity index (χ0n) is 26.6. The SMILES string of the molecule is CC(C)c1c(C(=O)Nc2ccccc2)c(-c2ccccc2)c(-c2ccc(F)cc2)n1CCC(O)CC(O)CC(=O)OC(C)(C)C. The van der Waals surface area contributed by atoms with E-state index in [2.05, 4.69) is 5.32 Å². The summed E-state index contributed by atoms with van der Waals surface area (Å²) in [5, 5.41) is 24.6. The zero-order chi connectivity index (χ0) is 32.7. The van der Waals surface area contributed by atoms with Crippen LogP contribution in [0.1, 0.15) is 75.9 Å². The second kappa shape index (κ2) is 14.7. The van der Waals surface area contributed by atoms with Gasteiger partial charge in [0.05, 0.1) is 29.9 Å². The van der Waals surface area contributed by atoms with E-state index in [0.29, 0.717) is 23.4 Å². The number of aliphatic hydroxyl groups is 2. The summed E-state index contributed by atoms with van der Waals surface area (Å²) < 4.78 is 21.4. The molecule has 8 heteroatoms. The van der Waals surface area contributed by atoms with Gasteiger partial charge < -0.3 is 24.8 Å². The van der Waals surface area contributed by atoms with E-state index in [0.717, 1.165) is 22.5 Å². The molecule has 3 aromatic carbocycles. The molecule has 0 aliphatic carbocycles. The number of esters is 1. The van der Waals surface area contributed by atoms with Crippen molar-refractivity contribution in [3.63, 3.8) is 0 Å². The van der Waals surface area contributed by atoms with Crippen LogP contribution in [-0.2, 0) is 16.1 Å². The zero-order valence-corrected chi connectivity index (χ0v) is 26.6. The second-order valence-electron chi connectivity index (χ2n) is 12.6. The van der Waals surface area contributed by atoms with Gasteiger partial charge in [0, 0.05) is 23.5 Å². The Morgan fingerprint density at radius 2 is 1.47 bits per heavy atom. The van der Waals surface area contributed by atoms with Crippen LogP contribution >= 0.6 is 0 Å². The van der Waals surface area contributed by atoms with Gasteiger partial charge in [-0.2, -0.15) is 0 Å². The summed E-state index contributed by atoms with van der Waals surface area (Å²) in [6.45, 7) is 9.59. The number of nitrogens with one attached hydrogen (secondary N) is 1. The summed E-state index contributed by atoms with van der Waals surface area (Å²) >= 11 is 0. The van der Waals surface area contributed by atoms with Crippen LogP contribution in [0.25, 0.3) is 22.4 Å². The molecule has 0 fully saturated rings. The molecule has 0 radical (unpaired) electrons. The highest BCUT2D eigenvalue weighted by Crippen LogP contribution is 2.42. The highest BCUT2D eigenvalue weighted by molar-refractivity contribution is 6.12. The number of carbonyl (C=O) groups excluding carboxylic acids is 2. The van der Waals surface area contributed by atoms with Crippen LogP contribution in [0.4, 0.5) is 10.1 Å². The number of hydrogen-bond donors (Lipinski definition) is 3. The number of nitrogens with zero attached hydrogens (tertiary/aromatic N) is 1. The fourth-order valence-electron chi connectivity index (χ4n) is 5.58. The maximum absolute atomic E-state index is 14.2. The minimum absolute atomic E-state index is 0.0176. The molecule has 238 valence electrons. The smallest absolute Gasteiger partial charge is 0.308 e. The van der Waals surface area contributed by atoms with E-state index < -0.39 is 23.8 Å². The first kappa shape index (κ1) is 33.6. The van der Waals surface area contributed by atoms with Crippen LogP contribution < -0.4 is 5.32 Å². The lowest BCUT2D eigenvalue weighted by Crippen LogP contribution is -2.28. The van der Waals surface area contributed by atoms with Crippen molar-refractivity contribution in [2.24, 2.45) is 0 Å². The van der Waals surface area contributed by atoms with Crippen molar-refractivity contribution in [2.75, 3.05) is 5.32 Å². The van der Waals surface area contributed by atoms with Crippen LogP contribution in [0, 0.1) is 5.82 Å². The standard InChI is InChI=1S/C37H43FN2O5/c1-24(2)34-33(36(44)39-28-14-10-7-11-15-28)32(25-12-8-6-9-13-25)35(26-16-18-27(38)19-17-26)40(34)21-20-29(41)22-30(42)23-31(43)45-37(3,4)5/h6-19,24,29-30,41-42H,20-23H2,1-5H3,(H,39,44). The lowest BCUT2D eigenvalue weighted by atomic mass is 9.94. The lowest BCUT2D eigenvalue weighted by Gasteiger charge is -2.22. The van der Waals surface area contributed by atoms with Gasteiger partial charge >= 0.3 is 5.97 Å². The van der Waals surface area contributed by atoms with E-state index in [1.54, 1.807) is 32.9 Å². The number of para-hydroxylation sites is 1. The van der Waals surface area contributed by atoms with Gasteiger partial charge in [-0.3, -0.25) is 9.59 Å². The molecule has 2 unspecified atom stereocenters. The number of carbonyl (C=O) groups is 2. The number of aromatic nitrogens is 1. The third-order valence-electron chi connectivity index (χ3n) is 7.34. The molecule has 1 amide bonds. The first-order valence-electron chi connectivity index (χ1n) is 15.4. The molecular formula is C37H43FN2O5. The number of anilines is 1. The molecule has 0 saturated heterocycles. The van der Waals surface area contributed by atoms with E-state index in [1.807, 2.05) is 79.1 Å². The van der Waals surface area contributed by atoms with Gasteiger partial charge in [0.1, 0.15) is 11.4 Å². The first-order chi connectivity index (χ1) is 21.3. The van der Waals surface area contributed by atoms with Crippen molar-refractivity contribution in [1.82, 2.24) is 4.57 Å². The number of aliphatic hydroxyl groups excluding tert-OH is 2. The van der Waals surface area contributed by atoms with Gasteiger partial charge in [-0.25, -0.2) is 4.39 Å². The van der Waals surface area contributed by atoms with Gasteiger partial charge in [-0.15, -0.1) is 0 Å². The summed E-state index contributed by atoms with van der Waals surface area (Å²) in [6, 6.07) is 25.0. The largest absolute Gasteiger partial charge is 0.460 e. The molecule has 0 aliphatic rings. The quantitative estimate of drug-likeness (QED) is 0.143. The molecule has 1 heterocycles. The molecule has 4 rings (SSSR count). The average molecular weight is 615 g/mol. The number of ether oxygens (including phenoxy) is 1. The Hall–Kier alpha value is -4.27. The van der Waals surface area contributed by atoms with Crippen LogP contribution in [0.15, 0.2) is 84.9 Å². The predicted molar refractivity (Wildman–Crippen MR) is 175 cm³/mol. The average Bonchev–Trinajstić information content (AvgIpc) is 3.32. The Labute approximate surface area is 264 Å². The van der Waals surface area contributed by atoms with E-state index in [9.17, 15) is 24.2 Å². The van der Waals surface area contributed by atoms with Crippen LogP contribution in [0.3, 0.4) is 0 Å². The fourth-order valence-corrected chi connectivity index (χ4v) is 5.58. The Morgan fingerprint density at radius 3 is 2.04 bits per heavy atom. The van der Waals surface area contributed by atoms with E-state index in [-0.39, 0.29) is 36.9 Å². The van der Waals surface area contributed by atoms with Gasteiger partial charge in [-0.1, -0.05) is 62.4 Å². The van der Waals surface area contributed by atoms with Crippen LogP contribution in [0.2, 0.25) is 0 Å². The number of halogens is 1. The second-order valence-corrected chi connectivity index (χ2v) is 12.6. The monoisotopic (exact) mass is 614 g/mol. The minimum atomic E-state index is -1.08. The molecule has 7 nitrogen and oxygen atoms in total. The minimum Gasteiger partial charge on any atom is -0.460 e. The van der Waals surface area contributed by atoms with Crippen molar-refractivity contribution >= 4 is 17.6 Å². The Balaban J connectivity index is 1.78. The summed E-state index contributed by atoms with van der Waals surface area (Å²) in [5.74, 6) is -1.29. The molecule has 1 aromatic heterocycles. The highest BCUT2D eigenvalue weighted by atomic mass is 19.1. The Kier molecular flexibility index (Phi) is 11.0. The molecule has 45 heavy (non-hydrogen) atoms. The first-order valence-corrected chi connectivity index (χ1v) is 15.4. The molecule has 0 aliphatic heterocycles. The van der Waals surface area contributed by atoms with Gasteiger partial charge in [0.25, 0.3) is 5.91 Å². The number of amides is 1. The summed E-state index contributed by atoms with van der Waals surface area (Å²) in [7, 11) is 0. The van der Waals surface area contributed by atoms with E-state index >= 15 is 0 Å². The highest BCUT2D eigenvalue weighted by Gasteiger charge is 2.31. The maximum atomic E-state index is 14.2. The Bertz CT molecular complexity index is 1580. The summed E-state index contributed by atoms with van der Waals surface area (Å²) in [5.41, 5.74) is 4.22. The maximum Gasteiger partial charge on any atom is 0.308 e. The van der Waals surface area contributed by atoms with Crippen molar-refractivity contribution in [2.45, 2.75) is 84.2 Å². The van der Waals surface area contributed by atoms with E-state index in [4.69, 9.17) is 4.74 Å². The molecule has 4 aromatic rings. The number of benzene rings is 3. The van der Waals surface area contributed by atoms with Gasteiger partial charge in [-0.05, 0) is 87.1 Å². The van der Waals surface area contributed by atoms with Crippen molar-refractivity contribution in [1.29, 1.82) is 0 Å². The molecule has 0 spiro atoms. The summed E-state index contributed by atoms with van der Waals surface area (Å²) in [4.78, 5) is 26.4. The van der Waals surface area contributed by atoms with Crippen molar-refractivity contribution < 1.29 is 28.9 Å². The molecule has 0 bridgehead atoms. The number of rotatable bonds is 12. The third-order valence-corrected chi connectivity index (χ3v) is 7.34. The van der Waals surface area contributed by atoms with Crippen LogP contribution in [-0.4, -0.2) is 44.5 Å². The Morgan fingerprint density at radius 1 is 0.867 bits per heavy atom. The number of hydrogen-bond acceptors (Lipinski definition) is 5. The van der Waals surface area contributed by atoms with E-state index in [1.165, 1.54) is 12.1 Å². The van der Waals surface area contributed by atoms with Crippen molar-refractivity contribution in [3.05, 3.63) is 102 Å². The molecular weight excluding hydrogens is 571 g/mol. The predicted octanol–water partition coefficient (Wildman–Crippen LogP) is 7.57.